The Hall–Kier alpha value is -2.82. The van der Waals surface area contributed by atoms with Gasteiger partial charge < -0.3 is 4.42 Å². The van der Waals surface area contributed by atoms with Gasteiger partial charge in [0.2, 0.25) is 11.7 Å². The number of rotatable bonds is 7. The summed E-state index contributed by atoms with van der Waals surface area (Å²) in [6, 6.07) is 12.1. The van der Waals surface area contributed by atoms with Crippen LogP contribution in [0.1, 0.15) is 41.6 Å². The lowest BCUT2D eigenvalue weighted by Gasteiger charge is -2.02. The molecule has 5 heteroatoms. The van der Waals surface area contributed by atoms with Crippen molar-refractivity contribution in [2.45, 2.75) is 32.6 Å². The van der Waals surface area contributed by atoms with Crippen molar-refractivity contribution in [2.24, 2.45) is 0 Å². The van der Waals surface area contributed by atoms with Crippen molar-refractivity contribution >= 4 is 5.78 Å². The van der Waals surface area contributed by atoms with E-state index in [9.17, 15) is 4.79 Å². The van der Waals surface area contributed by atoms with Gasteiger partial charge in [-0.25, -0.2) is 0 Å². The van der Waals surface area contributed by atoms with Gasteiger partial charge in [0.1, 0.15) is 0 Å². The number of pyridine rings is 1. The number of aryl methyl sites for hydroxylation is 2. The Morgan fingerprint density at radius 1 is 1.08 bits per heavy atom. The first-order valence-electron chi connectivity index (χ1n) is 8.11. The second-order valence-corrected chi connectivity index (χ2v) is 5.60. The first-order chi connectivity index (χ1) is 11.8. The summed E-state index contributed by atoms with van der Waals surface area (Å²) >= 11 is 0. The fourth-order valence-corrected chi connectivity index (χ4v) is 2.44. The van der Waals surface area contributed by atoms with E-state index in [0.717, 1.165) is 19.3 Å². The predicted molar refractivity (Wildman–Crippen MR) is 90.6 cm³/mol. The fraction of sp³-hybridized carbons (Fsp3) is 0.263. The van der Waals surface area contributed by atoms with E-state index < -0.39 is 0 Å². The van der Waals surface area contributed by atoms with Crippen LogP contribution >= 0.6 is 0 Å². The largest absolute Gasteiger partial charge is 0.414 e. The molecule has 0 spiro atoms. The zero-order chi connectivity index (χ0) is 16.8. The highest BCUT2D eigenvalue weighted by atomic mass is 16.4. The maximum absolute atomic E-state index is 12.2. The third kappa shape index (κ3) is 3.93. The minimum Gasteiger partial charge on any atom is -0.414 e. The molecule has 3 aromatic rings. The molecule has 2 heterocycles. The van der Waals surface area contributed by atoms with Gasteiger partial charge in [-0.2, -0.15) is 0 Å². The van der Waals surface area contributed by atoms with E-state index in [4.69, 9.17) is 4.42 Å². The molecule has 0 fully saturated rings. The molecule has 0 bridgehead atoms. The summed E-state index contributed by atoms with van der Waals surface area (Å²) in [7, 11) is 0. The van der Waals surface area contributed by atoms with E-state index in [2.05, 4.69) is 46.4 Å². The van der Waals surface area contributed by atoms with Crippen molar-refractivity contribution < 1.29 is 9.21 Å². The molecule has 122 valence electrons. The van der Waals surface area contributed by atoms with Crippen molar-refractivity contribution in [2.75, 3.05) is 0 Å². The summed E-state index contributed by atoms with van der Waals surface area (Å²) in [5, 5.41) is 7.76. The van der Waals surface area contributed by atoms with Gasteiger partial charge in [0.25, 0.3) is 5.89 Å². The quantitative estimate of drug-likeness (QED) is 0.617. The zero-order valence-electron chi connectivity index (χ0n) is 13.6. The van der Waals surface area contributed by atoms with E-state index in [0.29, 0.717) is 17.9 Å². The number of hydrogen-bond acceptors (Lipinski definition) is 5. The number of Topliss-reactive ketones (excluding diaryl/α,β-unsaturated/α-hetero) is 1. The number of nitrogens with zero attached hydrogens (tertiary/aromatic N) is 3. The number of carbonyl (C=O) groups is 1. The Kier molecular flexibility index (Phi) is 5.11. The van der Waals surface area contributed by atoms with Crippen LogP contribution in [0.3, 0.4) is 0 Å². The number of hydrogen-bond donors (Lipinski definition) is 0. The summed E-state index contributed by atoms with van der Waals surface area (Å²) < 4.78 is 5.45. The minimum absolute atomic E-state index is 0.0650. The zero-order valence-corrected chi connectivity index (χ0v) is 13.6. The van der Waals surface area contributed by atoms with E-state index in [1.54, 1.807) is 18.5 Å². The molecule has 1 aromatic carbocycles. The molecule has 0 atom stereocenters. The highest BCUT2D eigenvalue weighted by Crippen LogP contribution is 2.17. The van der Waals surface area contributed by atoms with Crippen LogP contribution in [0.25, 0.3) is 11.5 Å². The average Bonchev–Trinajstić information content (AvgIpc) is 3.13. The summed E-state index contributed by atoms with van der Waals surface area (Å²) in [4.78, 5) is 16.2. The molecule has 0 aliphatic carbocycles. The molecule has 0 amide bonds. The first kappa shape index (κ1) is 16.1. The molecular formula is C19H19N3O2. The lowest BCUT2D eigenvalue weighted by molar-refractivity contribution is 0.0947. The topological polar surface area (TPSA) is 68.9 Å². The monoisotopic (exact) mass is 321 g/mol. The lowest BCUT2D eigenvalue weighted by Crippen LogP contribution is -2.00. The maximum Gasteiger partial charge on any atom is 0.284 e. The van der Waals surface area contributed by atoms with Crippen molar-refractivity contribution in [3.05, 3.63) is 65.8 Å². The molecule has 0 saturated heterocycles. The Labute approximate surface area is 140 Å². The molecule has 3 rings (SSSR count). The third-order valence-corrected chi connectivity index (χ3v) is 3.87. The van der Waals surface area contributed by atoms with E-state index in [1.807, 2.05) is 6.07 Å². The number of aromatic nitrogens is 3. The number of ketones is 1. The summed E-state index contributed by atoms with van der Waals surface area (Å²) in [6.45, 7) is 2.14. The molecule has 5 nitrogen and oxygen atoms in total. The minimum atomic E-state index is -0.122. The second kappa shape index (κ2) is 7.64. The second-order valence-electron chi connectivity index (χ2n) is 5.60. The Morgan fingerprint density at radius 3 is 2.58 bits per heavy atom. The molecule has 24 heavy (non-hydrogen) atoms. The summed E-state index contributed by atoms with van der Waals surface area (Å²) in [6.07, 6.45) is 6.34. The lowest BCUT2D eigenvalue weighted by atomic mass is 10.0. The van der Waals surface area contributed by atoms with Crippen LogP contribution in [-0.2, 0) is 12.8 Å². The summed E-state index contributed by atoms with van der Waals surface area (Å²) in [5.74, 6) is 0.264. The fourth-order valence-electron chi connectivity index (χ4n) is 2.44. The van der Waals surface area contributed by atoms with Gasteiger partial charge in [0.15, 0.2) is 0 Å². The third-order valence-electron chi connectivity index (χ3n) is 3.87. The van der Waals surface area contributed by atoms with Crippen LogP contribution in [0.15, 0.2) is 53.2 Å². The average molecular weight is 321 g/mol. The molecule has 0 radical (unpaired) electrons. The molecule has 0 unspecified atom stereocenters. The normalized spacial score (nSPS) is 10.7. The molecular weight excluding hydrogens is 302 g/mol. The number of carbonyl (C=O) groups excluding carboxylic acids is 1. The van der Waals surface area contributed by atoms with E-state index >= 15 is 0 Å². The van der Waals surface area contributed by atoms with Gasteiger partial charge >= 0.3 is 0 Å². The molecule has 2 aromatic heterocycles. The SMILES string of the molecule is CCc1ccc(CCCC(=O)c2nnc(-c3cccnc3)o2)cc1. The first-order valence-corrected chi connectivity index (χ1v) is 8.11. The van der Waals surface area contributed by atoms with Crippen LogP contribution < -0.4 is 0 Å². The number of benzene rings is 1. The van der Waals surface area contributed by atoms with E-state index in [-0.39, 0.29) is 11.7 Å². The molecule has 0 aliphatic rings. The Balaban J connectivity index is 1.54. The molecule has 0 N–H and O–H groups in total. The Morgan fingerprint density at radius 2 is 1.88 bits per heavy atom. The van der Waals surface area contributed by atoms with Gasteiger partial charge in [-0.3, -0.25) is 9.78 Å². The van der Waals surface area contributed by atoms with Crippen LogP contribution in [0.4, 0.5) is 0 Å². The van der Waals surface area contributed by atoms with Crippen LogP contribution in [0.2, 0.25) is 0 Å². The van der Waals surface area contributed by atoms with Crippen molar-refractivity contribution in [1.82, 2.24) is 15.2 Å². The highest BCUT2D eigenvalue weighted by molar-refractivity contribution is 5.91. The van der Waals surface area contributed by atoms with Gasteiger partial charge in [0.05, 0.1) is 5.56 Å². The van der Waals surface area contributed by atoms with Crippen molar-refractivity contribution in [1.29, 1.82) is 0 Å². The van der Waals surface area contributed by atoms with Gasteiger partial charge in [-0.05, 0) is 42.5 Å². The Bertz CT molecular complexity index is 795. The molecule has 0 aliphatic heterocycles. The van der Waals surface area contributed by atoms with Crippen LogP contribution in [-0.4, -0.2) is 21.0 Å². The summed E-state index contributed by atoms with van der Waals surface area (Å²) in [5.41, 5.74) is 3.27. The molecule has 0 saturated carbocycles. The van der Waals surface area contributed by atoms with Crippen molar-refractivity contribution in [3.63, 3.8) is 0 Å². The van der Waals surface area contributed by atoms with Gasteiger partial charge in [0, 0.05) is 18.8 Å². The standard InChI is InChI=1S/C19H19N3O2/c1-2-14-8-10-15(11-9-14)5-3-7-17(23)19-22-21-18(24-19)16-6-4-12-20-13-16/h4,6,8-13H,2-3,5,7H2,1H3. The smallest absolute Gasteiger partial charge is 0.284 e. The predicted octanol–water partition coefficient (Wildman–Crippen LogP) is 3.90. The van der Waals surface area contributed by atoms with E-state index in [1.165, 1.54) is 11.1 Å². The van der Waals surface area contributed by atoms with Gasteiger partial charge in [-0.1, -0.05) is 31.2 Å². The maximum atomic E-state index is 12.2. The highest BCUT2D eigenvalue weighted by Gasteiger charge is 2.15. The van der Waals surface area contributed by atoms with Crippen LogP contribution in [0, 0.1) is 0 Å². The van der Waals surface area contributed by atoms with Crippen molar-refractivity contribution in [3.8, 4) is 11.5 Å². The van der Waals surface area contributed by atoms with Crippen LogP contribution in [0.5, 0.6) is 0 Å². The van der Waals surface area contributed by atoms with Gasteiger partial charge in [-0.15, -0.1) is 10.2 Å².